The number of aromatic nitrogens is 1. The third kappa shape index (κ3) is 3.84. The molecule has 0 radical (unpaired) electrons. The minimum absolute atomic E-state index is 0.152. The van der Waals surface area contributed by atoms with Crippen molar-refractivity contribution < 1.29 is 14.3 Å². The highest BCUT2D eigenvalue weighted by Gasteiger charge is 2.23. The molecule has 2 aliphatic rings. The second kappa shape index (κ2) is 7.86. The lowest BCUT2D eigenvalue weighted by Crippen LogP contribution is -2.39. The van der Waals surface area contributed by atoms with E-state index in [2.05, 4.69) is 22.1 Å². The number of benzene rings is 1. The van der Waals surface area contributed by atoms with Crippen molar-refractivity contribution in [1.29, 1.82) is 0 Å². The van der Waals surface area contributed by atoms with Gasteiger partial charge in [-0.05, 0) is 49.9 Å². The number of rotatable bonds is 4. The van der Waals surface area contributed by atoms with Crippen LogP contribution in [0.25, 0.3) is 0 Å². The van der Waals surface area contributed by atoms with Crippen LogP contribution in [-0.2, 0) is 0 Å². The molecule has 0 aliphatic carbocycles. The topological polar surface area (TPSA) is 63.7 Å². The SMILES string of the molecule is CCC1CCCCN1c1cc(C(=O)Nc2ccc3c(c2)OCCO3)ccn1. The van der Waals surface area contributed by atoms with E-state index in [-0.39, 0.29) is 5.91 Å². The number of hydrogen-bond donors (Lipinski definition) is 1. The van der Waals surface area contributed by atoms with E-state index in [0.717, 1.165) is 18.8 Å². The summed E-state index contributed by atoms with van der Waals surface area (Å²) in [5.74, 6) is 2.10. The van der Waals surface area contributed by atoms with E-state index in [1.54, 1.807) is 18.3 Å². The zero-order valence-corrected chi connectivity index (χ0v) is 15.6. The molecular weight excluding hydrogens is 342 g/mol. The number of carbonyl (C=O) groups excluding carboxylic acids is 1. The van der Waals surface area contributed by atoms with Crippen LogP contribution in [0.15, 0.2) is 36.5 Å². The van der Waals surface area contributed by atoms with Crippen molar-refractivity contribution in [3.8, 4) is 11.5 Å². The van der Waals surface area contributed by atoms with Crippen LogP contribution < -0.4 is 19.7 Å². The molecule has 1 aromatic heterocycles. The van der Waals surface area contributed by atoms with Crippen LogP contribution in [0.1, 0.15) is 43.0 Å². The van der Waals surface area contributed by atoms with Crippen LogP contribution in [0.2, 0.25) is 0 Å². The maximum atomic E-state index is 12.7. The summed E-state index contributed by atoms with van der Waals surface area (Å²) < 4.78 is 11.1. The summed E-state index contributed by atoms with van der Waals surface area (Å²) in [6.07, 6.45) is 6.43. The predicted octanol–water partition coefficient (Wildman–Crippen LogP) is 3.87. The maximum Gasteiger partial charge on any atom is 0.255 e. The molecule has 6 heteroatoms. The number of pyridine rings is 1. The number of nitrogens with one attached hydrogen (secondary N) is 1. The van der Waals surface area contributed by atoms with Crippen molar-refractivity contribution in [2.45, 2.75) is 38.6 Å². The molecule has 1 N–H and O–H groups in total. The summed E-state index contributed by atoms with van der Waals surface area (Å²) in [4.78, 5) is 19.6. The van der Waals surface area contributed by atoms with Crippen molar-refractivity contribution >= 4 is 17.4 Å². The highest BCUT2D eigenvalue weighted by Crippen LogP contribution is 2.33. The van der Waals surface area contributed by atoms with Crippen LogP contribution in [-0.4, -0.2) is 36.7 Å². The average Bonchev–Trinajstić information content (AvgIpc) is 2.73. The lowest BCUT2D eigenvalue weighted by molar-refractivity contribution is 0.102. The molecule has 0 saturated carbocycles. The standard InChI is InChI=1S/C21H25N3O3/c1-2-17-5-3-4-10-24(17)20-13-15(8-9-22-20)21(25)23-16-6-7-18-19(14-16)27-12-11-26-18/h6-9,13-14,17H,2-5,10-12H2,1H3,(H,23,25). The first kappa shape index (κ1) is 17.6. The molecule has 4 rings (SSSR count). The molecule has 27 heavy (non-hydrogen) atoms. The van der Waals surface area contributed by atoms with Gasteiger partial charge < -0.3 is 19.7 Å². The van der Waals surface area contributed by atoms with Crippen LogP contribution >= 0.6 is 0 Å². The molecule has 3 heterocycles. The van der Waals surface area contributed by atoms with E-state index in [9.17, 15) is 4.79 Å². The lowest BCUT2D eigenvalue weighted by Gasteiger charge is -2.36. The molecule has 0 bridgehead atoms. The van der Waals surface area contributed by atoms with Gasteiger partial charge in [0.1, 0.15) is 19.0 Å². The Labute approximate surface area is 159 Å². The molecule has 1 saturated heterocycles. The first-order valence-corrected chi connectivity index (χ1v) is 9.68. The zero-order chi connectivity index (χ0) is 18.6. The molecule has 1 amide bonds. The molecule has 1 atom stereocenters. The Hall–Kier alpha value is -2.76. The Morgan fingerprint density at radius 3 is 2.89 bits per heavy atom. The fourth-order valence-corrected chi connectivity index (χ4v) is 3.77. The number of anilines is 2. The molecule has 1 aromatic carbocycles. The molecule has 1 unspecified atom stereocenters. The van der Waals surface area contributed by atoms with Gasteiger partial charge in [-0.3, -0.25) is 4.79 Å². The van der Waals surface area contributed by atoms with E-state index < -0.39 is 0 Å². The van der Waals surface area contributed by atoms with Gasteiger partial charge >= 0.3 is 0 Å². The van der Waals surface area contributed by atoms with E-state index in [1.807, 2.05) is 18.2 Å². The normalized spacial score (nSPS) is 18.9. The number of ether oxygens (including phenoxy) is 2. The number of hydrogen-bond acceptors (Lipinski definition) is 5. The first-order valence-electron chi connectivity index (χ1n) is 9.68. The maximum absolute atomic E-state index is 12.7. The third-order valence-corrected chi connectivity index (χ3v) is 5.20. The predicted molar refractivity (Wildman–Crippen MR) is 105 cm³/mol. The van der Waals surface area contributed by atoms with E-state index >= 15 is 0 Å². The second-order valence-corrected chi connectivity index (χ2v) is 6.97. The number of fused-ring (bicyclic) bond motifs is 1. The fraction of sp³-hybridized carbons (Fsp3) is 0.429. The summed E-state index contributed by atoms with van der Waals surface area (Å²) in [6.45, 7) is 4.28. The molecule has 0 spiro atoms. The molecule has 1 fully saturated rings. The van der Waals surface area contributed by atoms with Gasteiger partial charge in [-0.15, -0.1) is 0 Å². The highest BCUT2D eigenvalue weighted by atomic mass is 16.6. The first-order chi connectivity index (χ1) is 13.2. The Balaban J connectivity index is 1.50. The van der Waals surface area contributed by atoms with Crippen LogP contribution in [0.4, 0.5) is 11.5 Å². The molecule has 2 aromatic rings. The number of piperidine rings is 1. The van der Waals surface area contributed by atoms with Crippen molar-refractivity contribution in [2.75, 3.05) is 30.0 Å². The molecule has 6 nitrogen and oxygen atoms in total. The molecule has 142 valence electrons. The number of carbonyl (C=O) groups is 1. The molecule has 2 aliphatic heterocycles. The summed E-state index contributed by atoms with van der Waals surface area (Å²) >= 11 is 0. The third-order valence-electron chi connectivity index (χ3n) is 5.20. The summed E-state index contributed by atoms with van der Waals surface area (Å²) in [5, 5.41) is 2.94. The van der Waals surface area contributed by atoms with Gasteiger partial charge in [0.15, 0.2) is 11.5 Å². The largest absolute Gasteiger partial charge is 0.486 e. The van der Waals surface area contributed by atoms with E-state index in [1.165, 1.54) is 19.3 Å². The van der Waals surface area contributed by atoms with Gasteiger partial charge in [-0.1, -0.05) is 6.92 Å². The summed E-state index contributed by atoms with van der Waals surface area (Å²) in [7, 11) is 0. The Morgan fingerprint density at radius 2 is 2.04 bits per heavy atom. The van der Waals surface area contributed by atoms with Crippen LogP contribution in [0.5, 0.6) is 11.5 Å². The summed E-state index contributed by atoms with van der Waals surface area (Å²) in [5.41, 5.74) is 1.29. The van der Waals surface area contributed by atoms with Gasteiger partial charge in [0.05, 0.1) is 0 Å². The lowest BCUT2D eigenvalue weighted by atomic mass is 10.00. The molecular formula is C21H25N3O3. The Kier molecular flexibility index (Phi) is 5.14. The van der Waals surface area contributed by atoms with Gasteiger partial charge in [0, 0.05) is 36.1 Å². The van der Waals surface area contributed by atoms with Gasteiger partial charge in [0.2, 0.25) is 0 Å². The second-order valence-electron chi connectivity index (χ2n) is 6.97. The number of amides is 1. The Bertz CT molecular complexity index is 824. The van der Waals surface area contributed by atoms with Gasteiger partial charge in [-0.2, -0.15) is 0 Å². The van der Waals surface area contributed by atoms with Crippen molar-refractivity contribution in [3.63, 3.8) is 0 Å². The van der Waals surface area contributed by atoms with Gasteiger partial charge in [0.25, 0.3) is 5.91 Å². The average molecular weight is 367 g/mol. The van der Waals surface area contributed by atoms with Crippen LogP contribution in [0, 0.1) is 0 Å². The highest BCUT2D eigenvalue weighted by molar-refractivity contribution is 6.04. The minimum atomic E-state index is -0.152. The minimum Gasteiger partial charge on any atom is -0.486 e. The van der Waals surface area contributed by atoms with Gasteiger partial charge in [-0.25, -0.2) is 4.98 Å². The fourth-order valence-electron chi connectivity index (χ4n) is 3.77. The monoisotopic (exact) mass is 367 g/mol. The van der Waals surface area contributed by atoms with Crippen LogP contribution in [0.3, 0.4) is 0 Å². The Morgan fingerprint density at radius 1 is 1.19 bits per heavy atom. The zero-order valence-electron chi connectivity index (χ0n) is 15.6. The van der Waals surface area contributed by atoms with E-state index in [0.29, 0.717) is 42.0 Å². The van der Waals surface area contributed by atoms with Crippen molar-refractivity contribution in [1.82, 2.24) is 4.98 Å². The van der Waals surface area contributed by atoms with E-state index in [4.69, 9.17) is 9.47 Å². The quantitative estimate of drug-likeness (QED) is 0.889. The summed E-state index contributed by atoms with van der Waals surface area (Å²) in [6, 6.07) is 9.59. The van der Waals surface area contributed by atoms with Crippen molar-refractivity contribution in [2.24, 2.45) is 0 Å². The number of nitrogens with zero attached hydrogens (tertiary/aromatic N) is 2. The van der Waals surface area contributed by atoms with Crippen molar-refractivity contribution in [3.05, 3.63) is 42.1 Å². The smallest absolute Gasteiger partial charge is 0.255 e.